The van der Waals surface area contributed by atoms with Gasteiger partial charge in [0, 0.05) is 22.3 Å². The third kappa shape index (κ3) is 3.80. The number of carbonyl (C=O) groups is 1. The number of anilines is 2. The zero-order valence-corrected chi connectivity index (χ0v) is 18.3. The van der Waals surface area contributed by atoms with Crippen LogP contribution < -0.4 is 10.6 Å². The molecule has 4 fully saturated rings. The van der Waals surface area contributed by atoms with Gasteiger partial charge in [-0.15, -0.1) is 10.2 Å². The number of carbonyl (C=O) groups excluding carboxylic acids is 1. The largest absolute Gasteiger partial charge is 0.347 e. The van der Waals surface area contributed by atoms with Crippen LogP contribution in [-0.4, -0.2) is 22.1 Å². The van der Waals surface area contributed by atoms with Crippen LogP contribution in [0.15, 0.2) is 30.3 Å². The molecule has 2 N–H and O–H groups in total. The lowest BCUT2D eigenvalue weighted by Gasteiger charge is -2.54. The van der Waals surface area contributed by atoms with Gasteiger partial charge in [-0.1, -0.05) is 31.5 Å². The van der Waals surface area contributed by atoms with E-state index in [2.05, 4.69) is 34.7 Å². The third-order valence-electron chi connectivity index (χ3n) is 7.29. The van der Waals surface area contributed by atoms with Crippen LogP contribution in [-0.2, 0) is 0 Å². The molecular formula is C24H29ClN4O. The van der Waals surface area contributed by atoms with E-state index in [0.717, 1.165) is 23.1 Å². The maximum Gasteiger partial charge on any atom is 0.272 e. The van der Waals surface area contributed by atoms with Gasteiger partial charge in [0.05, 0.1) is 0 Å². The second-order valence-corrected chi connectivity index (χ2v) is 10.2. The van der Waals surface area contributed by atoms with Crippen molar-refractivity contribution < 1.29 is 4.79 Å². The number of aromatic nitrogens is 2. The van der Waals surface area contributed by atoms with Gasteiger partial charge >= 0.3 is 0 Å². The molecule has 1 aromatic heterocycles. The van der Waals surface area contributed by atoms with Crippen molar-refractivity contribution in [2.45, 2.75) is 57.9 Å². The van der Waals surface area contributed by atoms with Crippen LogP contribution in [0.4, 0.5) is 11.5 Å². The summed E-state index contributed by atoms with van der Waals surface area (Å²) in [5, 5.41) is 15.9. The second kappa shape index (κ2) is 7.84. The van der Waals surface area contributed by atoms with E-state index >= 15 is 0 Å². The number of nitrogens with one attached hydrogen (secondary N) is 2. The minimum atomic E-state index is -0.0869. The van der Waals surface area contributed by atoms with Crippen LogP contribution in [0, 0.1) is 23.7 Å². The molecule has 0 saturated heterocycles. The first-order chi connectivity index (χ1) is 14.5. The van der Waals surface area contributed by atoms with Gasteiger partial charge in [-0.2, -0.15) is 0 Å². The fourth-order valence-electron chi connectivity index (χ4n) is 6.14. The lowest BCUT2D eigenvalue weighted by molar-refractivity contribution is -0.0120. The Bertz CT molecular complexity index is 932. The van der Waals surface area contributed by atoms with Crippen molar-refractivity contribution >= 4 is 29.0 Å². The number of nitrogens with zero attached hydrogens (tertiary/aromatic N) is 2. The van der Waals surface area contributed by atoms with Gasteiger partial charge < -0.3 is 10.6 Å². The number of rotatable bonds is 5. The number of halogens is 1. The van der Waals surface area contributed by atoms with Crippen molar-refractivity contribution in [3.8, 4) is 0 Å². The van der Waals surface area contributed by atoms with Crippen molar-refractivity contribution in [2.24, 2.45) is 23.7 Å². The highest BCUT2D eigenvalue weighted by Crippen LogP contribution is 2.53. The van der Waals surface area contributed by atoms with Gasteiger partial charge in [0.25, 0.3) is 5.91 Å². The Morgan fingerprint density at radius 2 is 1.73 bits per heavy atom. The van der Waals surface area contributed by atoms with Gasteiger partial charge in [-0.25, -0.2) is 0 Å². The molecule has 1 heterocycles. The molecular weight excluding hydrogens is 396 g/mol. The van der Waals surface area contributed by atoms with Crippen molar-refractivity contribution in [1.82, 2.24) is 15.5 Å². The lowest BCUT2D eigenvalue weighted by atomic mass is 9.54. The number of hydrogen-bond donors (Lipinski definition) is 2. The first-order valence-corrected chi connectivity index (χ1v) is 11.5. The summed E-state index contributed by atoms with van der Waals surface area (Å²) in [6.45, 7) is 4.19. The molecule has 0 unspecified atom stereocenters. The van der Waals surface area contributed by atoms with Crippen molar-refractivity contribution in [3.63, 3.8) is 0 Å². The molecule has 4 bridgehead atoms. The van der Waals surface area contributed by atoms with E-state index in [1.807, 2.05) is 30.3 Å². The molecule has 0 spiro atoms. The predicted molar refractivity (Wildman–Crippen MR) is 119 cm³/mol. The fourth-order valence-corrected chi connectivity index (χ4v) is 6.33. The van der Waals surface area contributed by atoms with E-state index in [1.54, 1.807) is 0 Å². The smallest absolute Gasteiger partial charge is 0.272 e. The summed E-state index contributed by atoms with van der Waals surface area (Å²) in [6.07, 6.45) is 6.54. The van der Waals surface area contributed by atoms with Gasteiger partial charge in [0.15, 0.2) is 11.5 Å². The highest BCUT2D eigenvalue weighted by molar-refractivity contribution is 6.30. The van der Waals surface area contributed by atoms with Crippen molar-refractivity contribution in [2.75, 3.05) is 5.32 Å². The van der Waals surface area contributed by atoms with Gasteiger partial charge in [0.1, 0.15) is 0 Å². The Balaban J connectivity index is 1.34. The molecule has 1 amide bonds. The van der Waals surface area contributed by atoms with Crippen molar-refractivity contribution in [3.05, 3.63) is 46.6 Å². The lowest BCUT2D eigenvalue weighted by Crippen LogP contribution is -2.55. The van der Waals surface area contributed by atoms with Gasteiger partial charge in [-0.05, 0) is 86.0 Å². The highest BCUT2D eigenvalue weighted by atomic mass is 35.5. The molecule has 6 heteroatoms. The molecule has 30 heavy (non-hydrogen) atoms. The molecule has 5 nitrogen and oxygen atoms in total. The molecule has 4 saturated carbocycles. The summed E-state index contributed by atoms with van der Waals surface area (Å²) in [7, 11) is 0. The average Bonchev–Trinajstić information content (AvgIpc) is 2.70. The number of hydrogen-bond acceptors (Lipinski definition) is 4. The Labute approximate surface area is 183 Å². The van der Waals surface area contributed by atoms with E-state index in [4.69, 9.17) is 11.6 Å². The molecule has 2 aromatic rings. The summed E-state index contributed by atoms with van der Waals surface area (Å²) in [5.41, 5.74) is 2.23. The van der Waals surface area contributed by atoms with Crippen LogP contribution >= 0.6 is 11.6 Å². The Morgan fingerprint density at radius 1 is 1.03 bits per heavy atom. The van der Waals surface area contributed by atoms with Crippen molar-refractivity contribution in [1.29, 1.82) is 0 Å². The molecule has 1 aromatic carbocycles. The fraction of sp³-hybridized carbons (Fsp3) is 0.542. The first-order valence-electron chi connectivity index (χ1n) is 11.2. The third-order valence-corrected chi connectivity index (χ3v) is 7.52. The van der Waals surface area contributed by atoms with Crippen LogP contribution in [0.3, 0.4) is 0 Å². The Kier molecular flexibility index (Phi) is 5.18. The van der Waals surface area contributed by atoms with E-state index in [0.29, 0.717) is 34.4 Å². The number of benzene rings is 1. The van der Waals surface area contributed by atoms with Crippen LogP contribution in [0.25, 0.3) is 0 Å². The molecule has 6 rings (SSSR count). The summed E-state index contributed by atoms with van der Waals surface area (Å²) in [4.78, 5) is 13.1. The molecule has 4 aliphatic carbocycles. The Hall–Kier alpha value is -2.14. The summed E-state index contributed by atoms with van der Waals surface area (Å²) in [6, 6.07) is 9.69. The molecule has 0 atom stereocenters. The van der Waals surface area contributed by atoms with E-state index in [9.17, 15) is 4.79 Å². The monoisotopic (exact) mass is 424 g/mol. The van der Waals surface area contributed by atoms with E-state index < -0.39 is 0 Å². The predicted octanol–water partition coefficient (Wildman–Crippen LogP) is 5.55. The normalized spacial score (nSPS) is 29.3. The zero-order valence-electron chi connectivity index (χ0n) is 17.6. The average molecular weight is 425 g/mol. The number of amides is 1. The standard InChI is InChI=1S/C24H29ClN4O/c1-13(2)20-12-21(28-29-23(20)26-19-5-3-4-18(25)11-19)24(30)27-22-16-7-14-6-15(9-16)10-17(22)8-14/h3-5,11-17,22H,6-10H2,1-2H3,(H,26,29)(H,27,30). The summed E-state index contributed by atoms with van der Waals surface area (Å²) >= 11 is 6.10. The zero-order chi connectivity index (χ0) is 20.8. The minimum Gasteiger partial charge on any atom is -0.347 e. The van der Waals surface area contributed by atoms with Crippen LogP contribution in [0.5, 0.6) is 0 Å². The van der Waals surface area contributed by atoms with Gasteiger partial charge in [-0.3, -0.25) is 4.79 Å². The van der Waals surface area contributed by atoms with E-state index in [1.165, 1.54) is 32.1 Å². The maximum absolute atomic E-state index is 13.1. The minimum absolute atomic E-state index is 0.0869. The first kappa shape index (κ1) is 19.8. The highest BCUT2D eigenvalue weighted by Gasteiger charge is 2.48. The molecule has 4 aliphatic rings. The maximum atomic E-state index is 13.1. The Morgan fingerprint density at radius 3 is 2.37 bits per heavy atom. The van der Waals surface area contributed by atoms with Gasteiger partial charge in [0.2, 0.25) is 0 Å². The second-order valence-electron chi connectivity index (χ2n) is 9.75. The van der Waals surface area contributed by atoms with Crippen LogP contribution in [0.2, 0.25) is 5.02 Å². The SMILES string of the molecule is CC(C)c1cc(C(=O)NC2C3CC4CC(C3)CC2C4)nnc1Nc1cccc(Cl)c1. The molecule has 0 radical (unpaired) electrons. The topological polar surface area (TPSA) is 66.9 Å². The molecule has 158 valence electrons. The molecule has 0 aliphatic heterocycles. The summed E-state index contributed by atoms with van der Waals surface area (Å²) in [5.74, 6) is 3.86. The summed E-state index contributed by atoms with van der Waals surface area (Å²) < 4.78 is 0. The quantitative estimate of drug-likeness (QED) is 0.660. The van der Waals surface area contributed by atoms with E-state index in [-0.39, 0.29) is 11.8 Å². The van der Waals surface area contributed by atoms with Crippen LogP contribution in [0.1, 0.15) is 67.9 Å².